The number of hydrogen-bond donors (Lipinski definition) is 1. The van der Waals surface area contributed by atoms with Gasteiger partial charge in [0.25, 0.3) is 0 Å². The molecule has 0 aromatic heterocycles. The normalized spacial score (nSPS) is 19.1. The molecule has 1 aromatic rings. The summed E-state index contributed by atoms with van der Waals surface area (Å²) >= 11 is 0. The fourth-order valence-electron chi connectivity index (χ4n) is 2.53. The van der Waals surface area contributed by atoms with E-state index in [0.29, 0.717) is 19.7 Å². The molecule has 0 aliphatic carbocycles. The van der Waals surface area contributed by atoms with Crippen LogP contribution < -0.4 is 5.32 Å². The Hall–Kier alpha value is -1.59. The molecule has 22 heavy (non-hydrogen) atoms. The highest BCUT2D eigenvalue weighted by atomic mass is 16.6. The maximum absolute atomic E-state index is 12.2. The van der Waals surface area contributed by atoms with Gasteiger partial charge in [-0.1, -0.05) is 24.3 Å². The summed E-state index contributed by atoms with van der Waals surface area (Å²) in [6.07, 6.45) is -0.243. The molecule has 1 atom stereocenters. The predicted octanol–water partition coefficient (Wildman–Crippen LogP) is 2.71. The highest BCUT2D eigenvalue weighted by Gasteiger charge is 2.28. The molecule has 0 radical (unpaired) electrons. The number of hydrogen-bond acceptors (Lipinski definition) is 4. The van der Waals surface area contributed by atoms with Crippen LogP contribution in [0, 0.1) is 0 Å². The second-order valence-electron chi connectivity index (χ2n) is 6.61. The third kappa shape index (κ3) is 4.71. The van der Waals surface area contributed by atoms with E-state index in [1.807, 2.05) is 32.9 Å². The number of nitrogens with one attached hydrogen (secondary N) is 1. The van der Waals surface area contributed by atoms with Crippen LogP contribution in [0.2, 0.25) is 0 Å². The molecule has 1 fully saturated rings. The average Bonchev–Trinajstić information content (AvgIpc) is 2.46. The molecule has 1 aliphatic rings. The molecule has 0 saturated carbocycles. The molecule has 0 bridgehead atoms. The highest BCUT2D eigenvalue weighted by Crippen LogP contribution is 2.20. The van der Waals surface area contributed by atoms with Crippen molar-refractivity contribution in [2.45, 2.75) is 39.0 Å². The van der Waals surface area contributed by atoms with Gasteiger partial charge in [-0.25, -0.2) is 4.79 Å². The Balaban J connectivity index is 2.04. The summed E-state index contributed by atoms with van der Waals surface area (Å²) in [6, 6.07) is 8.40. The average molecular weight is 306 g/mol. The Morgan fingerprint density at radius 2 is 2.18 bits per heavy atom. The van der Waals surface area contributed by atoms with E-state index in [2.05, 4.69) is 17.4 Å². The van der Waals surface area contributed by atoms with Gasteiger partial charge in [0.1, 0.15) is 5.60 Å². The van der Waals surface area contributed by atoms with Crippen molar-refractivity contribution in [3.63, 3.8) is 0 Å². The summed E-state index contributed by atoms with van der Waals surface area (Å²) in [4.78, 5) is 14.0. The molecule has 122 valence electrons. The lowest BCUT2D eigenvalue weighted by atomic mass is 10.0. The van der Waals surface area contributed by atoms with Crippen LogP contribution in [-0.4, -0.2) is 43.3 Å². The Bertz CT molecular complexity index is 511. The summed E-state index contributed by atoms with van der Waals surface area (Å²) in [7, 11) is 1.69. The van der Waals surface area contributed by atoms with Gasteiger partial charge >= 0.3 is 6.09 Å². The van der Waals surface area contributed by atoms with Gasteiger partial charge in [-0.3, -0.25) is 0 Å². The standard InChI is InChI=1S/C17H26N2O3/c1-17(2,3)22-16(20)19-9-8-18-15(11-19)14-7-5-6-13(10-14)12-21-4/h5-7,10,15,18H,8-9,11-12H2,1-4H3. The lowest BCUT2D eigenvalue weighted by Crippen LogP contribution is -2.49. The van der Waals surface area contributed by atoms with E-state index in [9.17, 15) is 4.79 Å². The summed E-state index contributed by atoms with van der Waals surface area (Å²) in [6.45, 7) is 8.31. The number of ether oxygens (including phenoxy) is 2. The fraction of sp³-hybridized carbons (Fsp3) is 0.588. The van der Waals surface area contributed by atoms with Crippen LogP contribution in [0.1, 0.15) is 37.9 Å². The third-order valence-electron chi connectivity index (χ3n) is 3.49. The topological polar surface area (TPSA) is 50.8 Å². The first-order valence-electron chi connectivity index (χ1n) is 7.68. The molecule has 2 rings (SSSR count). The van der Waals surface area contributed by atoms with Crippen LogP contribution in [-0.2, 0) is 16.1 Å². The molecule has 1 N–H and O–H groups in total. The van der Waals surface area contributed by atoms with E-state index >= 15 is 0 Å². The molecule has 1 heterocycles. The second kappa shape index (κ2) is 7.11. The zero-order valence-corrected chi connectivity index (χ0v) is 13.9. The summed E-state index contributed by atoms with van der Waals surface area (Å²) in [5.74, 6) is 0. The van der Waals surface area contributed by atoms with Crippen LogP contribution in [0.3, 0.4) is 0 Å². The van der Waals surface area contributed by atoms with E-state index < -0.39 is 5.60 Å². The minimum Gasteiger partial charge on any atom is -0.444 e. The molecule has 1 saturated heterocycles. The first-order chi connectivity index (χ1) is 10.4. The van der Waals surface area contributed by atoms with Gasteiger partial charge in [0.05, 0.1) is 12.6 Å². The maximum Gasteiger partial charge on any atom is 0.410 e. The summed E-state index contributed by atoms with van der Waals surface area (Å²) in [5, 5.41) is 3.46. The van der Waals surface area contributed by atoms with Crippen molar-refractivity contribution in [1.82, 2.24) is 10.2 Å². The van der Waals surface area contributed by atoms with Gasteiger partial charge in [-0.15, -0.1) is 0 Å². The van der Waals surface area contributed by atoms with Crippen molar-refractivity contribution >= 4 is 6.09 Å². The van der Waals surface area contributed by atoms with Gasteiger partial charge in [-0.2, -0.15) is 0 Å². The lowest BCUT2D eigenvalue weighted by Gasteiger charge is -2.35. The number of piperazine rings is 1. The molecule has 5 nitrogen and oxygen atoms in total. The molecular formula is C17H26N2O3. The Labute approximate surface area is 132 Å². The first kappa shape index (κ1) is 16.8. The maximum atomic E-state index is 12.2. The van der Waals surface area contributed by atoms with Crippen molar-refractivity contribution in [1.29, 1.82) is 0 Å². The van der Waals surface area contributed by atoms with Crippen molar-refractivity contribution < 1.29 is 14.3 Å². The monoisotopic (exact) mass is 306 g/mol. The molecule has 1 aromatic carbocycles. The summed E-state index contributed by atoms with van der Waals surface area (Å²) < 4.78 is 10.6. The van der Waals surface area contributed by atoms with E-state index in [4.69, 9.17) is 9.47 Å². The second-order valence-corrected chi connectivity index (χ2v) is 6.61. The van der Waals surface area contributed by atoms with E-state index in [0.717, 1.165) is 12.1 Å². The number of rotatable bonds is 3. The first-order valence-corrected chi connectivity index (χ1v) is 7.68. The zero-order chi connectivity index (χ0) is 16.2. The Morgan fingerprint density at radius 1 is 1.41 bits per heavy atom. The van der Waals surface area contributed by atoms with Gasteiger partial charge in [0.15, 0.2) is 0 Å². The number of carbonyl (C=O) groups is 1. The number of methoxy groups -OCH3 is 1. The van der Waals surface area contributed by atoms with Gasteiger partial charge in [0.2, 0.25) is 0 Å². The molecule has 1 amide bonds. The molecule has 5 heteroatoms. The fourth-order valence-corrected chi connectivity index (χ4v) is 2.53. The van der Waals surface area contributed by atoms with Gasteiger partial charge < -0.3 is 19.7 Å². The van der Waals surface area contributed by atoms with Crippen molar-refractivity contribution in [3.05, 3.63) is 35.4 Å². The minimum absolute atomic E-state index is 0.123. The van der Waals surface area contributed by atoms with Crippen LogP contribution in [0.15, 0.2) is 24.3 Å². The van der Waals surface area contributed by atoms with Crippen molar-refractivity contribution in [2.24, 2.45) is 0 Å². The number of amides is 1. The largest absolute Gasteiger partial charge is 0.444 e. The Kier molecular flexibility index (Phi) is 5.42. The highest BCUT2D eigenvalue weighted by molar-refractivity contribution is 5.68. The van der Waals surface area contributed by atoms with Crippen LogP contribution in [0.25, 0.3) is 0 Å². The van der Waals surface area contributed by atoms with E-state index in [1.165, 1.54) is 5.56 Å². The van der Waals surface area contributed by atoms with Crippen LogP contribution >= 0.6 is 0 Å². The number of benzene rings is 1. The van der Waals surface area contributed by atoms with Crippen molar-refractivity contribution in [3.8, 4) is 0 Å². The Morgan fingerprint density at radius 3 is 2.86 bits per heavy atom. The third-order valence-corrected chi connectivity index (χ3v) is 3.49. The molecule has 1 aliphatic heterocycles. The molecular weight excluding hydrogens is 280 g/mol. The summed E-state index contributed by atoms with van der Waals surface area (Å²) in [5.41, 5.74) is 1.84. The predicted molar refractivity (Wildman–Crippen MR) is 85.7 cm³/mol. The number of carbonyl (C=O) groups excluding carboxylic acids is 1. The zero-order valence-electron chi connectivity index (χ0n) is 13.9. The molecule has 1 unspecified atom stereocenters. The SMILES string of the molecule is COCc1cccc(C2CN(C(=O)OC(C)(C)C)CCN2)c1. The van der Waals surface area contributed by atoms with Crippen LogP contribution in [0.5, 0.6) is 0 Å². The lowest BCUT2D eigenvalue weighted by molar-refractivity contribution is 0.0195. The van der Waals surface area contributed by atoms with Gasteiger partial charge in [-0.05, 0) is 31.9 Å². The van der Waals surface area contributed by atoms with Crippen molar-refractivity contribution in [2.75, 3.05) is 26.7 Å². The smallest absolute Gasteiger partial charge is 0.410 e. The minimum atomic E-state index is -0.462. The molecule has 0 spiro atoms. The van der Waals surface area contributed by atoms with E-state index in [-0.39, 0.29) is 12.1 Å². The van der Waals surface area contributed by atoms with Crippen LogP contribution in [0.4, 0.5) is 4.79 Å². The number of nitrogens with zero attached hydrogens (tertiary/aromatic N) is 1. The van der Waals surface area contributed by atoms with Gasteiger partial charge in [0, 0.05) is 26.7 Å². The quantitative estimate of drug-likeness (QED) is 0.933. The van der Waals surface area contributed by atoms with E-state index in [1.54, 1.807) is 12.0 Å².